The Morgan fingerprint density at radius 3 is 2.67 bits per heavy atom. The number of rotatable bonds is 2. The monoisotopic (exact) mass is 217 g/mol. The molecule has 0 bridgehead atoms. The summed E-state index contributed by atoms with van der Waals surface area (Å²) in [7, 11) is 0. The third-order valence-corrected chi connectivity index (χ3v) is 3.23. The van der Waals surface area contributed by atoms with E-state index in [4.69, 9.17) is 0 Å². The molecule has 0 spiro atoms. The summed E-state index contributed by atoms with van der Waals surface area (Å²) in [4.78, 5) is 18.0. The third-order valence-electron chi connectivity index (χ3n) is 2.23. The maximum atomic E-state index is 12.1. The lowest BCUT2D eigenvalue weighted by Gasteiger charge is -2.01. The zero-order valence-corrected chi connectivity index (χ0v) is 9.47. The fourth-order valence-corrected chi connectivity index (χ4v) is 2.24. The fraction of sp³-hybridized carbons (Fsp3) is 0.167. The molecule has 0 N–H and O–H groups in total. The average molecular weight is 217 g/mol. The molecule has 0 saturated heterocycles. The number of aryl methyl sites for hydroxylation is 2. The minimum atomic E-state index is 0.0907. The van der Waals surface area contributed by atoms with E-state index in [2.05, 4.69) is 4.98 Å². The minimum absolute atomic E-state index is 0.0907. The van der Waals surface area contributed by atoms with Crippen LogP contribution >= 0.6 is 11.3 Å². The Kier molecular flexibility index (Phi) is 2.64. The molecule has 15 heavy (non-hydrogen) atoms. The summed E-state index contributed by atoms with van der Waals surface area (Å²) in [6, 6.07) is 5.61. The number of hydrogen-bond acceptors (Lipinski definition) is 3. The third kappa shape index (κ3) is 1.97. The Labute approximate surface area is 92.6 Å². The van der Waals surface area contributed by atoms with E-state index in [1.165, 1.54) is 11.3 Å². The molecular formula is C12H11NOS. The predicted octanol–water partition coefficient (Wildman–Crippen LogP) is 2.99. The summed E-state index contributed by atoms with van der Waals surface area (Å²) in [5, 5.41) is 0. The highest BCUT2D eigenvalue weighted by molar-refractivity contribution is 7.14. The van der Waals surface area contributed by atoms with Crippen molar-refractivity contribution in [2.24, 2.45) is 0 Å². The Morgan fingerprint density at radius 2 is 2.07 bits per heavy atom. The molecule has 0 aliphatic heterocycles. The van der Waals surface area contributed by atoms with E-state index in [0.29, 0.717) is 0 Å². The standard InChI is InChI=1S/C12H11NOS/c1-8-7-13-6-5-10(8)12(14)11-4-3-9(2)15-11/h3-7H,1-2H3. The first-order valence-electron chi connectivity index (χ1n) is 4.70. The van der Waals surface area contributed by atoms with Gasteiger partial charge >= 0.3 is 0 Å². The maximum Gasteiger partial charge on any atom is 0.203 e. The van der Waals surface area contributed by atoms with Gasteiger partial charge in [-0.15, -0.1) is 11.3 Å². The largest absolute Gasteiger partial charge is 0.288 e. The normalized spacial score (nSPS) is 10.3. The molecule has 0 aliphatic carbocycles. The van der Waals surface area contributed by atoms with Crippen molar-refractivity contribution in [1.29, 1.82) is 0 Å². The molecule has 76 valence electrons. The van der Waals surface area contributed by atoms with E-state index in [1.807, 2.05) is 26.0 Å². The van der Waals surface area contributed by atoms with Crippen molar-refractivity contribution >= 4 is 17.1 Å². The fourth-order valence-electron chi connectivity index (χ4n) is 1.42. The minimum Gasteiger partial charge on any atom is -0.288 e. The van der Waals surface area contributed by atoms with Gasteiger partial charge < -0.3 is 0 Å². The van der Waals surface area contributed by atoms with E-state index in [0.717, 1.165) is 20.9 Å². The van der Waals surface area contributed by atoms with Crippen LogP contribution in [0.25, 0.3) is 0 Å². The summed E-state index contributed by atoms with van der Waals surface area (Å²) < 4.78 is 0. The van der Waals surface area contributed by atoms with Crippen molar-refractivity contribution in [1.82, 2.24) is 4.98 Å². The predicted molar refractivity (Wildman–Crippen MR) is 61.5 cm³/mol. The molecule has 2 rings (SSSR count). The highest BCUT2D eigenvalue weighted by atomic mass is 32.1. The Bertz CT molecular complexity index is 502. The average Bonchev–Trinajstić information content (AvgIpc) is 2.65. The van der Waals surface area contributed by atoms with Crippen LogP contribution in [0.1, 0.15) is 25.7 Å². The van der Waals surface area contributed by atoms with Gasteiger partial charge in [0.15, 0.2) is 0 Å². The lowest BCUT2D eigenvalue weighted by atomic mass is 10.1. The van der Waals surface area contributed by atoms with Gasteiger partial charge in [-0.05, 0) is 37.6 Å². The van der Waals surface area contributed by atoms with E-state index in [-0.39, 0.29) is 5.78 Å². The highest BCUT2D eigenvalue weighted by Gasteiger charge is 2.12. The van der Waals surface area contributed by atoms with Gasteiger partial charge in [0.2, 0.25) is 5.78 Å². The molecule has 0 aromatic carbocycles. The van der Waals surface area contributed by atoms with Crippen LogP contribution in [0, 0.1) is 13.8 Å². The molecule has 0 atom stereocenters. The number of aromatic nitrogens is 1. The second kappa shape index (κ2) is 3.95. The van der Waals surface area contributed by atoms with Gasteiger partial charge in [0, 0.05) is 22.8 Å². The molecular weight excluding hydrogens is 206 g/mol. The van der Waals surface area contributed by atoms with Gasteiger partial charge in [-0.3, -0.25) is 9.78 Å². The molecule has 2 heterocycles. The number of ketones is 1. The molecule has 0 saturated carbocycles. The van der Waals surface area contributed by atoms with Crippen molar-refractivity contribution in [2.75, 3.05) is 0 Å². The number of thiophene rings is 1. The van der Waals surface area contributed by atoms with Gasteiger partial charge in [0.05, 0.1) is 4.88 Å². The summed E-state index contributed by atoms with van der Waals surface area (Å²) in [5.74, 6) is 0.0907. The summed E-state index contributed by atoms with van der Waals surface area (Å²) in [5.41, 5.74) is 1.67. The molecule has 3 heteroatoms. The van der Waals surface area contributed by atoms with Crippen LogP contribution in [0.15, 0.2) is 30.6 Å². The quantitative estimate of drug-likeness (QED) is 0.724. The maximum absolute atomic E-state index is 12.1. The zero-order valence-electron chi connectivity index (χ0n) is 8.65. The van der Waals surface area contributed by atoms with E-state index >= 15 is 0 Å². The first-order chi connectivity index (χ1) is 7.18. The Morgan fingerprint density at radius 1 is 1.27 bits per heavy atom. The second-order valence-electron chi connectivity index (χ2n) is 3.43. The smallest absolute Gasteiger partial charge is 0.203 e. The SMILES string of the molecule is Cc1ccc(C(=O)c2ccncc2C)s1. The number of carbonyl (C=O) groups excluding carboxylic acids is 1. The lowest BCUT2D eigenvalue weighted by Crippen LogP contribution is -2.01. The zero-order chi connectivity index (χ0) is 10.8. The van der Waals surface area contributed by atoms with Crippen molar-refractivity contribution in [3.8, 4) is 0 Å². The molecule has 2 nitrogen and oxygen atoms in total. The molecule has 0 radical (unpaired) electrons. The van der Waals surface area contributed by atoms with Crippen molar-refractivity contribution in [3.63, 3.8) is 0 Å². The molecule has 0 unspecified atom stereocenters. The van der Waals surface area contributed by atoms with Crippen molar-refractivity contribution in [2.45, 2.75) is 13.8 Å². The second-order valence-corrected chi connectivity index (χ2v) is 4.72. The van der Waals surface area contributed by atoms with Gasteiger partial charge in [0.25, 0.3) is 0 Å². The molecule has 0 aliphatic rings. The first kappa shape index (κ1) is 10.1. The van der Waals surface area contributed by atoms with Crippen LogP contribution in [0.5, 0.6) is 0 Å². The van der Waals surface area contributed by atoms with Gasteiger partial charge in [-0.2, -0.15) is 0 Å². The number of carbonyl (C=O) groups is 1. The molecule has 0 fully saturated rings. The van der Waals surface area contributed by atoms with Crippen LogP contribution in [0.4, 0.5) is 0 Å². The van der Waals surface area contributed by atoms with E-state index < -0.39 is 0 Å². The lowest BCUT2D eigenvalue weighted by molar-refractivity contribution is 0.104. The van der Waals surface area contributed by atoms with Gasteiger partial charge in [-0.25, -0.2) is 0 Å². The number of hydrogen-bond donors (Lipinski definition) is 0. The van der Waals surface area contributed by atoms with Crippen molar-refractivity contribution < 1.29 is 4.79 Å². The van der Waals surface area contributed by atoms with E-state index in [9.17, 15) is 4.79 Å². The van der Waals surface area contributed by atoms with Crippen molar-refractivity contribution in [3.05, 3.63) is 51.5 Å². The summed E-state index contributed by atoms with van der Waals surface area (Å²) >= 11 is 1.53. The summed E-state index contributed by atoms with van der Waals surface area (Å²) in [6.07, 6.45) is 3.37. The van der Waals surface area contributed by atoms with Crippen LogP contribution in [-0.4, -0.2) is 10.8 Å². The highest BCUT2D eigenvalue weighted by Crippen LogP contribution is 2.20. The Hall–Kier alpha value is -1.48. The molecule has 2 aromatic heterocycles. The molecule has 2 aromatic rings. The van der Waals surface area contributed by atoms with Crippen LogP contribution < -0.4 is 0 Å². The summed E-state index contributed by atoms with van der Waals surface area (Å²) in [6.45, 7) is 3.90. The van der Waals surface area contributed by atoms with Gasteiger partial charge in [0.1, 0.15) is 0 Å². The van der Waals surface area contributed by atoms with E-state index in [1.54, 1.807) is 18.5 Å². The van der Waals surface area contributed by atoms with Crippen LogP contribution in [0.2, 0.25) is 0 Å². The topological polar surface area (TPSA) is 30.0 Å². The first-order valence-corrected chi connectivity index (χ1v) is 5.52. The van der Waals surface area contributed by atoms with Gasteiger partial charge in [-0.1, -0.05) is 0 Å². The molecule has 0 amide bonds. The number of nitrogens with zero attached hydrogens (tertiary/aromatic N) is 1. The van der Waals surface area contributed by atoms with Crippen LogP contribution in [0.3, 0.4) is 0 Å². The Balaban J connectivity index is 2.41. The van der Waals surface area contributed by atoms with Crippen LogP contribution in [-0.2, 0) is 0 Å². The number of pyridine rings is 1.